The summed E-state index contributed by atoms with van der Waals surface area (Å²) in [4.78, 5) is 0. The summed E-state index contributed by atoms with van der Waals surface area (Å²) in [7, 11) is 0. The second-order valence-electron chi connectivity index (χ2n) is 1.83. The second kappa shape index (κ2) is 2.92. The number of rotatable bonds is 1. The predicted molar refractivity (Wildman–Crippen MR) is 48.1 cm³/mol. The molecule has 2 nitrogen and oxygen atoms in total. The minimum Gasteiger partial charge on any atom is -0.396 e. The third kappa shape index (κ3) is 1.24. The number of nitrogens with one attached hydrogen (secondary N) is 1. The van der Waals surface area contributed by atoms with Crippen molar-refractivity contribution in [1.82, 2.24) is 0 Å². The van der Waals surface area contributed by atoms with Crippen LogP contribution in [0, 0.1) is 0 Å². The molecule has 1 aromatic rings. The third-order valence-corrected chi connectivity index (χ3v) is 1.88. The molecule has 0 radical (unpaired) electrons. The minimum atomic E-state index is -2.21. The first kappa shape index (κ1) is 4.23. The first-order valence-electron chi connectivity index (χ1n) is 4.22. The van der Waals surface area contributed by atoms with Crippen LogP contribution in [0.2, 0.25) is 0 Å². The average Bonchev–Trinajstić information content (AvgIpc) is 1.96. The number of halogens is 1. The van der Waals surface area contributed by atoms with Gasteiger partial charge in [-0.1, -0.05) is 6.07 Å². The van der Waals surface area contributed by atoms with Gasteiger partial charge in [-0.2, -0.15) is 0 Å². The summed E-state index contributed by atoms with van der Waals surface area (Å²) in [5.41, 5.74) is 6.44. The topological polar surface area (TPSA) is 38.0 Å². The minimum absolute atomic E-state index is 0.402. The quantitative estimate of drug-likeness (QED) is 0.687. The van der Waals surface area contributed by atoms with E-state index in [0.29, 0.717) is 15.8 Å². The summed E-state index contributed by atoms with van der Waals surface area (Å²) in [5, 5.41) is 2.34. The van der Waals surface area contributed by atoms with Crippen LogP contribution in [0.25, 0.3) is 0 Å². The normalized spacial score (nSPS) is 15.1. The van der Waals surface area contributed by atoms with Crippen molar-refractivity contribution in [3.05, 3.63) is 22.7 Å². The van der Waals surface area contributed by atoms with Crippen molar-refractivity contribution in [1.29, 1.82) is 0 Å². The Labute approximate surface area is 72.8 Å². The van der Waals surface area contributed by atoms with Gasteiger partial charge >= 0.3 is 0 Å². The Bertz CT molecular complexity index is 311. The zero-order valence-corrected chi connectivity index (χ0v) is 6.77. The third-order valence-electron chi connectivity index (χ3n) is 1.19. The Morgan fingerprint density at radius 2 is 2.50 bits per heavy atom. The van der Waals surface area contributed by atoms with Gasteiger partial charge in [0.05, 0.1) is 11.4 Å². The molecule has 0 aliphatic heterocycles. The van der Waals surface area contributed by atoms with Gasteiger partial charge in [-0.15, -0.1) is 0 Å². The molecule has 0 amide bonds. The van der Waals surface area contributed by atoms with Gasteiger partial charge < -0.3 is 11.1 Å². The Balaban J connectivity index is 2.96. The first-order valence-corrected chi connectivity index (χ1v) is 3.51. The molecule has 0 fully saturated rings. The van der Waals surface area contributed by atoms with E-state index in [0.717, 1.165) is 0 Å². The number of anilines is 2. The van der Waals surface area contributed by atoms with Crippen molar-refractivity contribution in [2.75, 3.05) is 18.0 Å². The highest BCUT2D eigenvalue weighted by atomic mass is 79.9. The Morgan fingerprint density at radius 1 is 1.70 bits per heavy atom. The molecular formula is C7H9BrN2. The van der Waals surface area contributed by atoms with Crippen molar-refractivity contribution in [2.24, 2.45) is 0 Å². The Morgan fingerprint density at radius 3 is 3.20 bits per heavy atom. The van der Waals surface area contributed by atoms with Crippen LogP contribution in [0.3, 0.4) is 0 Å². The van der Waals surface area contributed by atoms with Gasteiger partial charge in [0, 0.05) is 15.6 Å². The van der Waals surface area contributed by atoms with Crippen molar-refractivity contribution in [3.8, 4) is 0 Å². The summed E-state index contributed by atoms with van der Waals surface area (Å²) >= 11 is 3.20. The zero-order valence-electron chi connectivity index (χ0n) is 8.19. The number of hydrogen-bond acceptors (Lipinski definition) is 2. The van der Waals surface area contributed by atoms with E-state index in [1.165, 1.54) is 0 Å². The van der Waals surface area contributed by atoms with Gasteiger partial charge in [0.15, 0.2) is 0 Å². The molecule has 1 rings (SSSR count). The lowest BCUT2D eigenvalue weighted by molar-refractivity contribution is 1.50. The van der Waals surface area contributed by atoms with E-state index < -0.39 is 6.98 Å². The summed E-state index contributed by atoms with van der Waals surface area (Å²) in [6.07, 6.45) is 0. The molecule has 54 valence electrons. The van der Waals surface area contributed by atoms with Gasteiger partial charge in [-0.05, 0) is 28.1 Å². The highest BCUT2D eigenvalue weighted by Crippen LogP contribution is 2.26. The van der Waals surface area contributed by atoms with Crippen LogP contribution >= 0.6 is 15.9 Å². The van der Waals surface area contributed by atoms with Crippen LogP contribution in [0.5, 0.6) is 0 Å². The number of para-hydroxylation sites is 1. The van der Waals surface area contributed by atoms with Crippen LogP contribution < -0.4 is 11.1 Å². The summed E-state index contributed by atoms with van der Waals surface area (Å²) < 4.78 is 21.6. The Kier molecular flexibility index (Phi) is 1.24. The first-order chi connectivity index (χ1) is 5.90. The lowest BCUT2D eigenvalue weighted by atomic mass is 10.3. The van der Waals surface area contributed by atoms with E-state index in [9.17, 15) is 0 Å². The van der Waals surface area contributed by atoms with Gasteiger partial charge in [0.25, 0.3) is 0 Å². The molecule has 0 heterocycles. The maximum atomic E-state index is 6.99. The summed E-state index contributed by atoms with van der Waals surface area (Å²) in [5.74, 6) is 0. The molecule has 10 heavy (non-hydrogen) atoms. The fourth-order valence-corrected chi connectivity index (χ4v) is 1.01. The van der Waals surface area contributed by atoms with Crippen molar-refractivity contribution < 1.29 is 4.11 Å². The average molecular weight is 204 g/mol. The van der Waals surface area contributed by atoms with Crippen LogP contribution in [-0.4, -0.2) is 6.98 Å². The number of benzene rings is 1. The molecule has 0 spiro atoms. The molecule has 0 bridgehead atoms. The van der Waals surface area contributed by atoms with Gasteiger partial charge in [-0.25, -0.2) is 0 Å². The van der Waals surface area contributed by atoms with Crippen molar-refractivity contribution >= 4 is 27.3 Å². The van der Waals surface area contributed by atoms with E-state index in [-0.39, 0.29) is 0 Å². The molecule has 0 atom stereocenters. The monoisotopic (exact) mass is 203 g/mol. The van der Waals surface area contributed by atoms with Gasteiger partial charge in [0.2, 0.25) is 0 Å². The van der Waals surface area contributed by atoms with E-state index in [4.69, 9.17) is 9.85 Å². The largest absolute Gasteiger partial charge is 0.396 e. The van der Waals surface area contributed by atoms with Crippen LogP contribution in [0.15, 0.2) is 22.7 Å². The van der Waals surface area contributed by atoms with Crippen molar-refractivity contribution in [2.45, 2.75) is 0 Å². The smallest absolute Gasteiger partial charge is 0.0694 e. The molecule has 0 aliphatic rings. The highest BCUT2D eigenvalue weighted by Gasteiger charge is 1.97. The molecular weight excluding hydrogens is 192 g/mol. The number of hydrogen-bond donors (Lipinski definition) is 2. The lowest BCUT2D eigenvalue weighted by Crippen LogP contribution is -1.95. The van der Waals surface area contributed by atoms with E-state index in [1.54, 1.807) is 18.2 Å². The fraction of sp³-hybridized carbons (Fsp3) is 0.143. The molecule has 1 aromatic carbocycles. The molecule has 0 unspecified atom stereocenters. The molecule has 3 N–H and O–H groups in total. The molecule has 0 saturated heterocycles. The SMILES string of the molecule is [2H]C([2H])([2H])Nc1cccc(Br)c1N. The van der Waals surface area contributed by atoms with Crippen molar-refractivity contribution in [3.63, 3.8) is 0 Å². The van der Waals surface area contributed by atoms with E-state index in [1.807, 2.05) is 0 Å². The maximum absolute atomic E-state index is 6.99. The summed E-state index contributed by atoms with van der Waals surface area (Å²) in [6.45, 7) is -2.21. The zero-order chi connectivity index (χ0) is 10.1. The Hall–Kier alpha value is -0.700. The van der Waals surface area contributed by atoms with E-state index >= 15 is 0 Å². The van der Waals surface area contributed by atoms with Crippen LogP contribution in [0.4, 0.5) is 11.4 Å². The number of nitrogens with two attached hydrogens (primary N) is 1. The number of nitrogen functional groups attached to an aromatic ring is 1. The lowest BCUT2D eigenvalue weighted by Gasteiger charge is -2.04. The second-order valence-corrected chi connectivity index (χ2v) is 2.68. The van der Waals surface area contributed by atoms with Gasteiger partial charge in [0.1, 0.15) is 0 Å². The van der Waals surface area contributed by atoms with Crippen LogP contribution in [0.1, 0.15) is 4.11 Å². The summed E-state index contributed by atoms with van der Waals surface area (Å²) in [6, 6.07) is 5.08. The molecule has 0 saturated carbocycles. The standard InChI is InChI=1S/C7H9BrN2/c1-10-6-4-2-3-5(8)7(6)9/h2-4,10H,9H2,1H3/i1D3. The fourth-order valence-electron chi connectivity index (χ4n) is 0.646. The molecule has 0 aromatic heterocycles. The maximum Gasteiger partial charge on any atom is 0.0694 e. The van der Waals surface area contributed by atoms with Gasteiger partial charge in [-0.3, -0.25) is 0 Å². The molecule has 0 aliphatic carbocycles. The van der Waals surface area contributed by atoms with E-state index in [2.05, 4.69) is 21.2 Å². The predicted octanol–water partition coefficient (Wildman–Crippen LogP) is 2.07. The highest BCUT2D eigenvalue weighted by molar-refractivity contribution is 9.10. The molecule has 3 heteroatoms. The van der Waals surface area contributed by atoms with Crippen LogP contribution in [-0.2, 0) is 0 Å².